The number of aromatic nitrogens is 2. The molecule has 0 saturated heterocycles. The summed E-state index contributed by atoms with van der Waals surface area (Å²) in [7, 11) is 1.58. The molecule has 0 atom stereocenters. The number of nitrogens with one attached hydrogen (secondary N) is 1. The van der Waals surface area contributed by atoms with Crippen LogP contribution in [0.1, 0.15) is 15.9 Å². The highest BCUT2D eigenvalue weighted by atomic mass is 16.5. The monoisotopic (exact) mass is 429 g/mol. The first-order valence-electron chi connectivity index (χ1n) is 10.1. The molecule has 0 aliphatic carbocycles. The summed E-state index contributed by atoms with van der Waals surface area (Å²) in [4.78, 5) is 13.1. The maximum absolute atomic E-state index is 13.1. The van der Waals surface area contributed by atoms with Gasteiger partial charge in [-0.1, -0.05) is 36.4 Å². The van der Waals surface area contributed by atoms with Gasteiger partial charge in [-0.25, -0.2) is 4.68 Å². The van der Waals surface area contributed by atoms with Gasteiger partial charge in [-0.15, -0.1) is 0 Å². The normalized spacial score (nSPS) is 10.7. The van der Waals surface area contributed by atoms with E-state index in [0.717, 1.165) is 16.8 Å². The van der Waals surface area contributed by atoms with E-state index in [1.807, 2.05) is 54.6 Å². The predicted molar refractivity (Wildman–Crippen MR) is 121 cm³/mol. The number of ether oxygens (including phenoxy) is 1. The zero-order valence-corrected chi connectivity index (χ0v) is 17.5. The molecule has 0 radical (unpaired) electrons. The van der Waals surface area contributed by atoms with E-state index in [4.69, 9.17) is 4.74 Å². The lowest BCUT2D eigenvalue weighted by Crippen LogP contribution is -2.25. The number of carbonyl (C=O) groups excluding carboxylic acids is 1. The molecular formula is C25H23N3O4. The third-order valence-electron chi connectivity index (χ3n) is 5.08. The van der Waals surface area contributed by atoms with Gasteiger partial charge in [0.15, 0.2) is 11.5 Å². The molecule has 3 aromatic carbocycles. The van der Waals surface area contributed by atoms with Crippen LogP contribution in [0.4, 0.5) is 0 Å². The van der Waals surface area contributed by atoms with Crippen LogP contribution in [0.2, 0.25) is 0 Å². The van der Waals surface area contributed by atoms with E-state index in [1.165, 1.54) is 12.1 Å². The molecule has 4 rings (SSSR count). The molecule has 1 aromatic heterocycles. The van der Waals surface area contributed by atoms with Gasteiger partial charge < -0.3 is 20.3 Å². The second-order valence-corrected chi connectivity index (χ2v) is 7.20. The Bertz CT molecular complexity index is 1240. The molecule has 1 amide bonds. The van der Waals surface area contributed by atoms with E-state index in [0.29, 0.717) is 30.0 Å². The smallest absolute Gasteiger partial charge is 0.255 e. The zero-order valence-electron chi connectivity index (χ0n) is 17.5. The number of amides is 1. The van der Waals surface area contributed by atoms with Crippen molar-refractivity contribution in [2.75, 3.05) is 13.7 Å². The van der Waals surface area contributed by atoms with E-state index in [9.17, 15) is 15.0 Å². The Kier molecular flexibility index (Phi) is 6.07. The van der Waals surface area contributed by atoms with Crippen molar-refractivity contribution in [3.8, 4) is 34.2 Å². The number of rotatable bonds is 7. The first-order valence-corrected chi connectivity index (χ1v) is 10.1. The van der Waals surface area contributed by atoms with Crippen molar-refractivity contribution in [3.05, 3.63) is 90.1 Å². The Morgan fingerprint density at radius 3 is 2.50 bits per heavy atom. The molecule has 0 aliphatic rings. The number of nitrogens with zero attached hydrogens (tertiary/aromatic N) is 2. The minimum Gasteiger partial charge on any atom is -0.504 e. The summed E-state index contributed by atoms with van der Waals surface area (Å²) in [6, 6.07) is 21.6. The van der Waals surface area contributed by atoms with Crippen LogP contribution in [0.3, 0.4) is 0 Å². The molecule has 7 heteroatoms. The molecule has 162 valence electrons. The molecular weight excluding hydrogens is 406 g/mol. The summed E-state index contributed by atoms with van der Waals surface area (Å²) in [5.74, 6) is -0.000461. The second kappa shape index (κ2) is 9.26. The maximum atomic E-state index is 13.1. The molecule has 0 unspecified atom stereocenters. The van der Waals surface area contributed by atoms with Gasteiger partial charge in [0.25, 0.3) is 5.91 Å². The number of hydrogen-bond acceptors (Lipinski definition) is 5. The highest BCUT2D eigenvalue weighted by Gasteiger charge is 2.21. The van der Waals surface area contributed by atoms with Gasteiger partial charge in [0, 0.05) is 18.3 Å². The van der Waals surface area contributed by atoms with Crippen LogP contribution >= 0.6 is 0 Å². The van der Waals surface area contributed by atoms with E-state index in [1.54, 1.807) is 24.1 Å². The Labute approximate surface area is 185 Å². The van der Waals surface area contributed by atoms with Crippen molar-refractivity contribution < 1.29 is 19.7 Å². The van der Waals surface area contributed by atoms with Crippen LogP contribution in [0.5, 0.6) is 17.2 Å². The fourth-order valence-corrected chi connectivity index (χ4v) is 3.43. The van der Waals surface area contributed by atoms with Crippen molar-refractivity contribution in [2.24, 2.45) is 0 Å². The van der Waals surface area contributed by atoms with Crippen LogP contribution in [0, 0.1) is 0 Å². The topological polar surface area (TPSA) is 96.6 Å². The quantitative estimate of drug-likeness (QED) is 0.387. The molecule has 32 heavy (non-hydrogen) atoms. The van der Waals surface area contributed by atoms with E-state index >= 15 is 0 Å². The van der Waals surface area contributed by atoms with Gasteiger partial charge in [0.1, 0.15) is 11.4 Å². The fraction of sp³-hybridized carbons (Fsp3) is 0.120. The molecule has 3 N–H and O–H groups in total. The predicted octanol–water partition coefficient (Wildman–Crippen LogP) is 3.93. The number of benzene rings is 3. The third-order valence-corrected chi connectivity index (χ3v) is 5.08. The number of aromatic hydroxyl groups is 2. The summed E-state index contributed by atoms with van der Waals surface area (Å²) in [5.41, 5.74) is 3.30. The molecule has 1 heterocycles. The molecule has 7 nitrogen and oxygen atoms in total. The lowest BCUT2D eigenvalue weighted by molar-refractivity contribution is 0.0954. The number of phenols is 2. The molecule has 4 aromatic rings. The largest absolute Gasteiger partial charge is 0.504 e. The van der Waals surface area contributed by atoms with Crippen molar-refractivity contribution in [1.82, 2.24) is 15.1 Å². The Hall–Kier alpha value is -4.26. The molecule has 0 aliphatic heterocycles. The highest BCUT2D eigenvalue weighted by molar-refractivity contribution is 6.00. The Morgan fingerprint density at radius 2 is 1.75 bits per heavy atom. The standard InChI is InChI=1S/C25H23N3O4/c1-32-23-10-6-5-9-19(23)24-20(16-28(27-24)18-7-3-2-4-8-18)25(31)26-14-13-17-11-12-21(29)22(30)15-17/h2-12,15-16,29-30H,13-14H2,1H3,(H,26,31). The minimum atomic E-state index is -0.268. The molecule has 0 fully saturated rings. The van der Waals surface area contributed by atoms with Crippen LogP contribution < -0.4 is 10.1 Å². The Balaban J connectivity index is 1.61. The van der Waals surface area contributed by atoms with Gasteiger partial charge in [-0.2, -0.15) is 5.10 Å². The Morgan fingerprint density at radius 1 is 1.00 bits per heavy atom. The summed E-state index contributed by atoms with van der Waals surface area (Å²) >= 11 is 0. The van der Waals surface area contributed by atoms with E-state index in [2.05, 4.69) is 10.4 Å². The fourth-order valence-electron chi connectivity index (χ4n) is 3.43. The second-order valence-electron chi connectivity index (χ2n) is 7.20. The first kappa shape index (κ1) is 21.0. The maximum Gasteiger partial charge on any atom is 0.255 e. The number of methoxy groups -OCH3 is 1. The number of hydrogen-bond donors (Lipinski definition) is 3. The minimum absolute atomic E-state index is 0.174. The number of phenolic OH excluding ortho intramolecular Hbond substituents is 2. The van der Waals surface area contributed by atoms with Crippen LogP contribution in [-0.2, 0) is 6.42 Å². The SMILES string of the molecule is COc1ccccc1-c1nn(-c2ccccc2)cc1C(=O)NCCc1ccc(O)c(O)c1. The van der Waals surface area contributed by atoms with Crippen LogP contribution in [-0.4, -0.2) is 39.6 Å². The van der Waals surface area contributed by atoms with Gasteiger partial charge in [-0.05, 0) is 48.4 Å². The number of carbonyl (C=O) groups is 1. The van der Waals surface area contributed by atoms with Crippen molar-refractivity contribution >= 4 is 5.91 Å². The number of para-hydroxylation sites is 2. The van der Waals surface area contributed by atoms with Crippen LogP contribution in [0.15, 0.2) is 79.0 Å². The lowest BCUT2D eigenvalue weighted by Gasteiger charge is -2.09. The van der Waals surface area contributed by atoms with Gasteiger partial charge >= 0.3 is 0 Å². The summed E-state index contributed by atoms with van der Waals surface area (Å²) in [5, 5.41) is 26.7. The average Bonchev–Trinajstić information content (AvgIpc) is 3.27. The van der Waals surface area contributed by atoms with E-state index < -0.39 is 0 Å². The average molecular weight is 429 g/mol. The van der Waals surface area contributed by atoms with Crippen LogP contribution in [0.25, 0.3) is 16.9 Å². The van der Waals surface area contributed by atoms with Crippen molar-refractivity contribution in [3.63, 3.8) is 0 Å². The summed E-state index contributed by atoms with van der Waals surface area (Å²) < 4.78 is 7.16. The summed E-state index contributed by atoms with van der Waals surface area (Å²) in [6.45, 7) is 0.352. The first-order chi connectivity index (χ1) is 15.6. The zero-order chi connectivity index (χ0) is 22.5. The van der Waals surface area contributed by atoms with Gasteiger partial charge in [-0.3, -0.25) is 4.79 Å². The molecule has 0 bridgehead atoms. The van der Waals surface area contributed by atoms with Gasteiger partial charge in [0.2, 0.25) is 0 Å². The van der Waals surface area contributed by atoms with Crippen molar-refractivity contribution in [2.45, 2.75) is 6.42 Å². The molecule has 0 spiro atoms. The van der Waals surface area contributed by atoms with E-state index in [-0.39, 0.29) is 17.4 Å². The highest BCUT2D eigenvalue weighted by Crippen LogP contribution is 2.31. The lowest BCUT2D eigenvalue weighted by atomic mass is 10.1. The van der Waals surface area contributed by atoms with Crippen molar-refractivity contribution in [1.29, 1.82) is 0 Å². The molecule has 0 saturated carbocycles. The summed E-state index contributed by atoms with van der Waals surface area (Å²) in [6.07, 6.45) is 2.20. The third kappa shape index (κ3) is 4.41. The van der Waals surface area contributed by atoms with Gasteiger partial charge in [0.05, 0.1) is 18.4 Å².